The molecule has 20 heavy (non-hydrogen) atoms. The fraction of sp³-hybridized carbons (Fsp3) is 0.562. The monoisotopic (exact) mass is 274 g/mol. The van der Waals surface area contributed by atoms with Gasteiger partial charge in [0.25, 0.3) is 0 Å². The molecule has 1 atom stereocenters. The zero-order valence-electron chi connectivity index (χ0n) is 11.7. The van der Waals surface area contributed by atoms with Gasteiger partial charge in [0.05, 0.1) is 11.5 Å². The summed E-state index contributed by atoms with van der Waals surface area (Å²) in [5.41, 5.74) is 6.69. The predicted octanol–water partition coefficient (Wildman–Crippen LogP) is 1.63. The molecule has 108 valence electrons. The Balaban J connectivity index is 1.66. The van der Waals surface area contributed by atoms with Crippen LogP contribution in [0.15, 0.2) is 24.3 Å². The van der Waals surface area contributed by atoms with Crippen LogP contribution in [0.3, 0.4) is 0 Å². The van der Waals surface area contributed by atoms with Crippen molar-refractivity contribution in [3.05, 3.63) is 29.8 Å². The van der Waals surface area contributed by atoms with Crippen molar-refractivity contribution >= 4 is 5.91 Å². The van der Waals surface area contributed by atoms with E-state index in [1.807, 2.05) is 18.2 Å². The zero-order valence-corrected chi connectivity index (χ0v) is 11.7. The van der Waals surface area contributed by atoms with Crippen molar-refractivity contribution in [1.29, 1.82) is 0 Å². The highest BCUT2D eigenvalue weighted by Crippen LogP contribution is 2.37. The highest BCUT2D eigenvalue weighted by Gasteiger charge is 2.40. The largest absolute Gasteiger partial charge is 0.491 e. The topological polar surface area (TPSA) is 64.4 Å². The molecule has 0 radical (unpaired) electrons. The molecular weight excluding hydrogens is 252 g/mol. The molecule has 3 rings (SSSR count). The van der Waals surface area contributed by atoms with Crippen molar-refractivity contribution in [2.75, 3.05) is 13.2 Å². The van der Waals surface area contributed by atoms with Gasteiger partial charge in [-0.3, -0.25) is 4.79 Å². The van der Waals surface area contributed by atoms with Crippen molar-refractivity contribution in [2.24, 2.45) is 11.1 Å². The Morgan fingerprint density at radius 3 is 2.85 bits per heavy atom. The Kier molecular flexibility index (Phi) is 3.66. The summed E-state index contributed by atoms with van der Waals surface area (Å²) in [5, 5.41) is 3.15. The number of carbonyl (C=O) groups is 1. The average molecular weight is 274 g/mol. The first kappa shape index (κ1) is 13.4. The van der Waals surface area contributed by atoms with Crippen molar-refractivity contribution in [1.82, 2.24) is 5.32 Å². The van der Waals surface area contributed by atoms with Crippen molar-refractivity contribution in [3.63, 3.8) is 0 Å². The third-order valence-corrected chi connectivity index (χ3v) is 4.65. The van der Waals surface area contributed by atoms with Crippen LogP contribution >= 0.6 is 0 Å². The van der Waals surface area contributed by atoms with Crippen LogP contribution in [0.25, 0.3) is 0 Å². The van der Waals surface area contributed by atoms with Gasteiger partial charge in [0.2, 0.25) is 5.91 Å². The molecule has 1 aromatic carbocycles. The summed E-state index contributed by atoms with van der Waals surface area (Å²) in [6.07, 6.45) is 4.88. The fourth-order valence-electron chi connectivity index (χ4n) is 3.33. The van der Waals surface area contributed by atoms with E-state index >= 15 is 0 Å². The van der Waals surface area contributed by atoms with Crippen molar-refractivity contribution < 1.29 is 9.53 Å². The van der Waals surface area contributed by atoms with Crippen LogP contribution < -0.4 is 15.8 Å². The molecule has 1 aliphatic carbocycles. The van der Waals surface area contributed by atoms with Crippen LogP contribution in [0.2, 0.25) is 0 Å². The van der Waals surface area contributed by atoms with E-state index in [0.717, 1.165) is 43.4 Å². The predicted molar refractivity (Wildman–Crippen MR) is 77.5 cm³/mol. The summed E-state index contributed by atoms with van der Waals surface area (Å²) in [6, 6.07) is 8.07. The fourth-order valence-corrected chi connectivity index (χ4v) is 3.33. The van der Waals surface area contributed by atoms with E-state index < -0.39 is 0 Å². The number of para-hydroxylation sites is 1. The van der Waals surface area contributed by atoms with E-state index in [-0.39, 0.29) is 17.4 Å². The van der Waals surface area contributed by atoms with Gasteiger partial charge in [-0.05, 0) is 30.9 Å². The Hall–Kier alpha value is -1.55. The molecular formula is C16H22N2O2. The number of amides is 1. The second-order valence-corrected chi connectivity index (χ2v) is 5.98. The summed E-state index contributed by atoms with van der Waals surface area (Å²) in [6.45, 7) is 0.992. The van der Waals surface area contributed by atoms with Crippen LogP contribution in [0.4, 0.5) is 0 Å². The van der Waals surface area contributed by atoms with E-state index in [1.165, 1.54) is 0 Å². The maximum absolute atomic E-state index is 12.5. The number of carbonyl (C=O) groups excluding carboxylic acids is 1. The van der Waals surface area contributed by atoms with Gasteiger partial charge in [-0.15, -0.1) is 0 Å². The Morgan fingerprint density at radius 1 is 1.35 bits per heavy atom. The van der Waals surface area contributed by atoms with Crippen LogP contribution in [0.5, 0.6) is 5.75 Å². The van der Waals surface area contributed by atoms with Gasteiger partial charge in [-0.1, -0.05) is 31.0 Å². The standard InChI is InChI=1S/C16H22N2O2/c17-11-16(7-3-4-8-16)15(19)18-13-9-12-5-1-2-6-14(12)20-10-13/h1-2,5-6,13H,3-4,7-11,17H2,(H,18,19). The first-order chi connectivity index (χ1) is 9.73. The van der Waals surface area contributed by atoms with E-state index in [2.05, 4.69) is 11.4 Å². The van der Waals surface area contributed by atoms with Crippen LogP contribution in [0, 0.1) is 5.41 Å². The van der Waals surface area contributed by atoms with E-state index in [1.54, 1.807) is 0 Å². The number of benzene rings is 1. The maximum Gasteiger partial charge on any atom is 0.227 e. The lowest BCUT2D eigenvalue weighted by molar-refractivity contribution is -0.131. The summed E-state index contributed by atoms with van der Waals surface area (Å²) in [5.74, 6) is 1.05. The van der Waals surface area contributed by atoms with Crippen molar-refractivity contribution in [3.8, 4) is 5.75 Å². The highest BCUT2D eigenvalue weighted by atomic mass is 16.5. The van der Waals surface area contributed by atoms with E-state index in [4.69, 9.17) is 10.5 Å². The Bertz CT molecular complexity index is 495. The number of ether oxygens (including phenoxy) is 1. The van der Waals surface area contributed by atoms with Crippen molar-refractivity contribution in [2.45, 2.75) is 38.1 Å². The first-order valence-corrected chi connectivity index (χ1v) is 7.45. The summed E-state index contributed by atoms with van der Waals surface area (Å²) in [4.78, 5) is 12.5. The number of rotatable bonds is 3. The lowest BCUT2D eigenvalue weighted by Crippen LogP contribution is -2.51. The summed E-state index contributed by atoms with van der Waals surface area (Å²) < 4.78 is 5.72. The number of hydrogen-bond acceptors (Lipinski definition) is 3. The van der Waals surface area contributed by atoms with Gasteiger partial charge in [-0.25, -0.2) is 0 Å². The van der Waals surface area contributed by atoms with E-state index in [0.29, 0.717) is 13.2 Å². The van der Waals surface area contributed by atoms with E-state index in [9.17, 15) is 4.79 Å². The first-order valence-electron chi connectivity index (χ1n) is 7.45. The molecule has 1 aliphatic heterocycles. The number of fused-ring (bicyclic) bond motifs is 1. The minimum Gasteiger partial charge on any atom is -0.491 e. The van der Waals surface area contributed by atoms with Gasteiger partial charge in [-0.2, -0.15) is 0 Å². The van der Waals surface area contributed by atoms with Crippen LogP contribution in [0.1, 0.15) is 31.2 Å². The van der Waals surface area contributed by atoms with Gasteiger partial charge in [0.1, 0.15) is 12.4 Å². The van der Waals surface area contributed by atoms with Crippen LogP contribution in [-0.2, 0) is 11.2 Å². The molecule has 0 aromatic heterocycles. The third kappa shape index (κ3) is 2.40. The maximum atomic E-state index is 12.5. The van der Waals surface area contributed by atoms with Crippen LogP contribution in [-0.4, -0.2) is 25.1 Å². The molecule has 3 N–H and O–H groups in total. The normalized spacial score (nSPS) is 23.8. The van der Waals surface area contributed by atoms with Gasteiger partial charge < -0.3 is 15.8 Å². The second-order valence-electron chi connectivity index (χ2n) is 5.98. The number of hydrogen-bond donors (Lipinski definition) is 2. The Morgan fingerprint density at radius 2 is 2.10 bits per heavy atom. The number of nitrogens with two attached hydrogens (primary N) is 1. The lowest BCUT2D eigenvalue weighted by Gasteiger charge is -2.31. The molecule has 0 saturated heterocycles. The molecule has 1 aromatic rings. The molecule has 1 unspecified atom stereocenters. The lowest BCUT2D eigenvalue weighted by atomic mass is 9.85. The quantitative estimate of drug-likeness (QED) is 0.880. The molecule has 0 spiro atoms. The van der Waals surface area contributed by atoms with Gasteiger partial charge in [0.15, 0.2) is 0 Å². The second kappa shape index (κ2) is 5.44. The van der Waals surface area contributed by atoms with Gasteiger partial charge >= 0.3 is 0 Å². The Labute approximate surface area is 119 Å². The minimum atomic E-state index is -0.336. The minimum absolute atomic E-state index is 0.0569. The smallest absolute Gasteiger partial charge is 0.227 e. The third-order valence-electron chi connectivity index (χ3n) is 4.65. The SMILES string of the molecule is NCC1(C(=O)NC2COc3ccccc3C2)CCCC1. The molecule has 1 saturated carbocycles. The summed E-state index contributed by atoms with van der Waals surface area (Å²) >= 11 is 0. The van der Waals surface area contributed by atoms with Gasteiger partial charge in [0, 0.05) is 6.54 Å². The zero-order chi connectivity index (χ0) is 14.0. The highest BCUT2D eigenvalue weighted by molar-refractivity contribution is 5.83. The molecule has 4 nitrogen and oxygen atoms in total. The molecule has 4 heteroatoms. The average Bonchev–Trinajstić information content (AvgIpc) is 2.97. The molecule has 2 aliphatic rings. The molecule has 1 heterocycles. The summed E-state index contributed by atoms with van der Waals surface area (Å²) in [7, 11) is 0. The molecule has 1 amide bonds. The molecule has 0 bridgehead atoms. The molecule has 1 fully saturated rings. The number of nitrogens with one attached hydrogen (secondary N) is 1.